The first-order chi connectivity index (χ1) is 8.99. The molecule has 1 saturated heterocycles. The maximum atomic E-state index is 11.2. The van der Waals surface area contributed by atoms with Crippen LogP contribution >= 0.6 is 0 Å². The Morgan fingerprint density at radius 1 is 1.47 bits per heavy atom. The molecule has 0 aromatic carbocycles. The topological polar surface area (TPSA) is 100 Å². The van der Waals surface area contributed by atoms with Gasteiger partial charge in [-0.15, -0.1) is 0 Å². The molecule has 1 rings (SSSR count). The normalized spacial score (nSPS) is 17.1. The van der Waals surface area contributed by atoms with Gasteiger partial charge in [0.15, 0.2) is 6.10 Å². The highest BCUT2D eigenvalue weighted by molar-refractivity contribution is 5.86. The maximum Gasteiger partial charge on any atom is 0.508 e. The van der Waals surface area contributed by atoms with Gasteiger partial charge < -0.3 is 24.3 Å². The van der Waals surface area contributed by atoms with Crippen molar-refractivity contribution in [1.29, 1.82) is 0 Å². The van der Waals surface area contributed by atoms with E-state index in [0.717, 1.165) is 0 Å². The van der Waals surface area contributed by atoms with Crippen molar-refractivity contribution in [3.05, 3.63) is 12.2 Å². The number of carbonyl (C=O) groups is 3. The Hall–Kier alpha value is -2.25. The summed E-state index contributed by atoms with van der Waals surface area (Å²) in [7, 11) is 0. The molecule has 1 heterocycles. The lowest BCUT2D eigenvalue weighted by Crippen LogP contribution is -2.31. The van der Waals surface area contributed by atoms with Crippen LogP contribution in [0.2, 0.25) is 0 Å². The van der Waals surface area contributed by atoms with Gasteiger partial charge in [-0.2, -0.15) is 0 Å². The molecule has 1 aliphatic heterocycles. The van der Waals surface area contributed by atoms with E-state index in [1.165, 1.54) is 6.92 Å². The number of ether oxygens (including phenoxy) is 4. The van der Waals surface area contributed by atoms with Gasteiger partial charge in [0.05, 0.1) is 6.54 Å². The first-order valence-electron chi connectivity index (χ1n) is 5.55. The van der Waals surface area contributed by atoms with Crippen LogP contribution in [0.5, 0.6) is 0 Å². The van der Waals surface area contributed by atoms with E-state index in [4.69, 9.17) is 9.47 Å². The highest BCUT2D eigenvalue weighted by Crippen LogP contribution is 2.05. The lowest BCUT2D eigenvalue weighted by atomic mass is 10.4. The molecule has 0 spiro atoms. The Morgan fingerprint density at radius 3 is 2.79 bits per heavy atom. The van der Waals surface area contributed by atoms with Crippen LogP contribution in [0.25, 0.3) is 0 Å². The second-order valence-electron chi connectivity index (χ2n) is 3.74. The number of rotatable bonds is 6. The van der Waals surface area contributed by atoms with E-state index in [9.17, 15) is 14.4 Å². The molecule has 1 fully saturated rings. The first kappa shape index (κ1) is 14.8. The predicted molar refractivity (Wildman–Crippen MR) is 61.3 cm³/mol. The van der Waals surface area contributed by atoms with Crippen LogP contribution in [-0.4, -0.2) is 50.7 Å². The largest absolute Gasteiger partial charge is 0.508 e. The third-order valence-electron chi connectivity index (χ3n) is 2.00. The van der Waals surface area contributed by atoms with Gasteiger partial charge in [0.2, 0.25) is 0 Å². The average molecular weight is 273 g/mol. The van der Waals surface area contributed by atoms with Crippen LogP contribution in [0.3, 0.4) is 0 Å². The average Bonchev–Trinajstić information content (AvgIpc) is 2.77. The molecule has 0 saturated carbocycles. The van der Waals surface area contributed by atoms with Crippen molar-refractivity contribution in [2.75, 3.05) is 26.4 Å². The van der Waals surface area contributed by atoms with Crippen LogP contribution in [0, 0.1) is 0 Å². The molecule has 106 valence electrons. The molecule has 1 atom stereocenters. The molecule has 19 heavy (non-hydrogen) atoms. The van der Waals surface area contributed by atoms with Crippen molar-refractivity contribution in [2.24, 2.45) is 0 Å². The first-order valence-corrected chi connectivity index (χ1v) is 5.55. The maximum absolute atomic E-state index is 11.2. The zero-order valence-electron chi connectivity index (χ0n) is 10.5. The number of esters is 1. The SMILES string of the molecule is C=C(C)C(=O)OCCNC(=O)OCC1COC(=O)O1. The predicted octanol–water partition coefficient (Wildman–Crippen LogP) is 0.367. The van der Waals surface area contributed by atoms with Gasteiger partial charge in [-0.1, -0.05) is 6.58 Å². The second kappa shape index (κ2) is 7.24. The van der Waals surface area contributed by atoms with Gasteiger partial charge in [0, 0.05) is 5.57 Å². The van der Waals surface area contributed by atoms with Gasteiger partial charge in [0.25, 0.3) is 0 Å². The van der Waals surface area contributed by atoms with E-state index in [1.54, 1.807) is 0 Å². The molecule has 0 aliphatic carbocycles. The summed E-state index contributed by atoms with van der Waals surface area (Å²) in [6.07, 6.45) is -2.06. The molecule has 8 heteroatoms. The molecule has 8 nitrogen and oxygen atoms in total. The van der Waals surface area contributed by atoms with E-state index < -0.39 is 24.3 Å². The van der Waals surface area contributed by atoms with Gasteiger partial charge >= 0.3 is 18.2 Å². The van der Waals surface area contributed by atoms with E-state index in [2.05, 4.69) is 21.4 Å². The van der Waals surface area contributed by atoms with Gasteiger partial charge in [0.1, 0.15) is 19.8 Å². The molecular weight excluding hydrogens is 258 g/mol. The van der Waals surface area contributed by atoms with Gasteiger partial charge in [-0.05, 0) is 6.92 Å². The summed E-state index contributed by atoms with van der Waals surface area (Å²) in [4.78, 5) is 32.7. The lowest BCUT2D eigenvalue weighted by molar-refractivity contribution is -0.138. The highest BCUT2D eigenvalue weighted by Gasteiger charge is 2.26. The monoisotopic (exact) mass is 273 g/mol. The molecule has 1 aliphatic rings. The lowest BCUT2D eigenvalue weighted by Gasteiger charge is -2.09. The number of amides is 1. The minimum atomic E-state index is -0.777. The summed E-state index contributed by atoms with van der Waals surface area (Å²) in [6.45, 7) is 5.02. The van der Waals surface area contributed by atoms with Crippen molar-refractivity contribution >= 4 is 18.2 Å². The summed E-state index contributed by atoms with van der Waals surface area (Å²) in [6, 6.07) is 0. The molecule has 0 radical (unpaired) electrons. The third-order valence-corrected chi connectivity index (χ3v) is 2.00. The van der Waals surface area contributed by atoms with Crippen LogP contribution in [0.4, 0.5) is 9.59 Å². The van der Waals surface area contributed by atoms with Gasteiger partial charge in [-0.25, -0.2) is 14.4 Å². The Balaban J connectivity index is 2.03. The van der Waals surface area contributed by atoms with Crippen molar-refractivity contribution in [2.45, 2.75) is 13.0 Å². The smallest absolute Gasteiger partial charge is 0.460 e. The molecule has 1 unspecified atom stereocenters. The van der Waals surface area contributed by atoms with E-state index >= 15 is 0 Å². The number of hydrogen-bond donors (Lipinski definition) is 1. The van der Waals surface area contributed by atoms with Crippen LogP contribution in [-0.2, 0) is 23.7 Å². The Bertz CT molecular complexity index is 379. The molecule has 0 bridgehead atoms. The summed E-state index contributed by atoms with van der Waals surface area (Å²) in [5, 5.41) is 2.36. The Labute approximate surface area is 109 Å². The van der Waals surface area contributed by atoms with Crippen molar-refractivity contribution < 1.29 is 33.3 Å². The number of alkyl carbamates (subject to hydrolysis) is 1. The summed E-state index contributed by atoms with van der Waals surface area (Å²) in [5.74, 6) is -0.523. The highest BCUT2D eigenvalue weighted by atomic mass is 16.8. The molecular formula is C11H15NO7. The van der Waals surface area contributed by atoms with E-state index in [1.807, 2.05) is 0 Å². The zero-order chi connectivity index (χ0) is 14.3. The summed E-state index contributed by atoms with van der Waals surface area (Å²) < 4.78 is 18.7. The second-order valence-corrected chi connectivity index (χ2v) is 3.74. The fourth-order valence-electron chi connectivity index (χ4n) is 1.09. The van der Waals surface area contributed by atoms with Crippen LogP contribution in [0.15, 0.2) is 12.2 Å². The molecule has 1 amide bonds. The molecule has 1 N–H and O–H groups in total. The fourth-order valence-corrected chi connectivity index (χ4v) is 1.09. The minimum Gasteiger partial charge on any atom is -0.460 e. The fraction of sp³-hybridized carbons (Fsp3) is 0.545. The third kappa shape index (κ3) is 5.75. The van der Waals surface area contributed by atoms with E-state index in [0.29, 0.717) is 0 Å². The Kier molecular flexibility index (Phi) is 5.65. The standard InChI is InChI=1S/C11H15NO7/c1-7(2)9(13)16-4-3-12-10(14)17-5-8-6-18-11(15)19-8/h8H,1,3-6H2,2H3,(H,12,14). The Morgan fingerprint density at radius 2 is 2.21 bits per heavy atom. The number of carbonyl (C=O) groups excluding carboxylic acids is 3. The van der Waals surface area contributed by atoms with Crippen molar-refractivity contribution in [3.8, 4) is 0 Å². The van der Waals surface area contributed by atoms with Gasteiger partial charge in [-0.3, -0.25) is 0 Å². The van der Waals surface area contributed by atoms with Crippen molar-refractivity contribution in [3.63, 3.8) is 0 Å². The minimum absolute atomic E-state index is 0.0162. The van der Waals surface area contributed by atoms with Crippen LogP contribution in [0.1, 0.15) is 6.92 Å². The quantitative estimate of drug-likeness (QED) is 0.323. The number of hydrogen-bond acceptors (Lipinski definition) is 7. The summed E-state index contributed by atoms with van der Waals surface area (Å²) >= 11 is 0. The van der Waals surface area contributed by atoms with Crippen LogP contribution < -0.4 is 5.32 Å². The van der Waals surface area contributed by atoms with E-state index in [-0.39, 0.29) is 31.9 Å². The number of nitrogens with one attached hydrogen (secondary N) is 1. The van der Waals surface area contributed by atoms with Crippen molar-refractivity contribution in [1.82, 2.24) is 5.32 Å². The molecule has 0 aromatic heterocycles. The summed E-state index contributed by atoms with van der Waals surface area (Å²) in [5.41, 5.74) is 0.283. The zero-order valence-corrected chi connectivity index (χ0v) is 10.5. The molecule has 0 aromatic rings. The number of cyclic esters (lactones) is 2.